The summed E-state index contributed by atoms with van der Waals surface area (Å²) < 4.78 is 5.71. The molecule has 0 fully saturated rings. The highest BCUT2D eigenvalue weighted by molar-refractivity contribution is 6.07. The van der Waals surface area contributed by atoms with Crippen LogP contribution in [0.25, 0.3) is 11.1 Å². The first kappa shape index (κ1) is 17.9. The Morgan fingerprint density at radius 2 is 1.46 bits per heavy atom. The van der Waals surface area contributed by atoms with Gasteiger partial charge in [0.2, 0.25) is 0 Å². The van der Waals surface area contributed by atoms with Gasteiger partial charge in [0, 0.05) is 5.56 Å². The SMILES string of the molecule is CCCCCOc1ccc(-c2ccc(C(=O)CC(C)=O)cc2)cc1. The Balaban J connectivity index is 1.98. The van der Waals surface area contributed by atoms with Gasteiger partial charge in [-0.05, 0) is 36.6 Å². The van der Waals surface area contributed by atoms with Crippen LogP contribution in [0.1, 0.15) is 49.9 Å². The van der Waals surface area contributed by atoms with Gasteiger partial charge in [-0.1, -0.05) is 56.2 Å². The lowest BCUT2D eigenvalue weighted by molar-refractivity contribution is -0.116. The molecule has 0 spiro atoms. The van der Waals surface area contributed by atoms with Crippen LogP contribution in [0.2, 0.25) is 0 Å². The zero-order valence-electron chi connectivity index (χ0n) is 14.4. The van der Waals surface area contributed by atoms with E-state index in [9.17, 15) is 9.59 Å². The third-order valence-corrected chi connectivity index (χ3v) is 3.82. The van der Waals surface area contributed by atoms with Crippen LogP contribution in [0.3, 0.4) is 0 Å². The van der Waals surface area contributed by atoms with Crippen molar-refractivity contribution in [2.75, 3.05) is 6.61 Å². The molecule has 2 rings (SSSR count). The van der Waals surface area contributed by atoms with Crippen LogP contribution in [-0.2, 0) is 4.79 Å². The Kier molecular flexibility index (Phi) is 6.74. The van der Waals surface area contributed by atoms with Crippen molar-refractivity contribution in [1.82, 2.24) is 0 Å². The fourth-order valence-electron chi connectivity index (χ4n) is 2.46. The molecule has 0 aliphatic rings. The molecular formula is C21H24O3. The molecule has 2 aromatic carbocycles. The van der Waals surface area contributed by atoms with Crippen LogP contribution < -0.4 is 4.74 Å². The summed E-state index contributed by atoms with van der Waals surface area (Å²) in [5.41, 5.74) is 2.68. The van der Waals surface area contributed by atoms with Gasteiger partial charge in [0.1, 0.15) is 11.5 Å². The van der Waals surface area contributed by atoms with Crippen molar-refractivity contribution < 1.29 is 14.3 Å². The topological polar surface area (TPSA) is 43.4 Å². The van der Waals surface area contributed by atoms with Gasteiger partial charge in [-0.15, -0.1) is 0 Å². The molecule has 0 atom stereocenters. The van der Waals surface area contributed by atoms with Crippen LogP contribution in [0, 0.1) is 0 Å². The zero-order chi connectivity index (χ0) is 17.4. The number of carbonyl (C=O) groups is 2. The van der Waals surface area contributed by atoms with E-state index >= 15 is 0 Å². The third-order valence-electron chi connectivity index (χ3n) is 3.82. The van der Waals surface area contributed by atoms with E-state index in [4.69, 9.17) is 4.74 Å². The van der Waals surface area contributed by atoms with E-state index in [2.05, 4.69) is 6.92 Å². The van der Waals surface area contributed by atoms with Gasteiger partial charge in [-0.2, -0.15) is 0 Å². The lowest BCUT2D eigenvalue weighted by Gasteiger charge is -2.07. The summed E-state index contributed by atoms with van der Waals surface area (Å²) in [6.07, 6.45) is 3.41. The fourth-order valence-corrected chi connectivity index (χ4v) is 2.46. The van der Waals surface area contributed by atoms with Gasteiger partial charge in [0.15, 0.2) is 5.78 Å². The number of benzene rings is 2. The summed E-state index contributed by atoms with van der Waals surface area (Å²) in [5.74, 6) is 0.631. The molecule has 0 amide bonds. The monoisotopic (exact) mass is 324 g/mol. The second-order valence-corrected chi connectivity index (χ2v) is 5.96. The van der Waals surface area contributed by atoms with E-state index in [0.717, 1.165) is 29.9 Å². The normalized spacial score (nSPS) is 10.4. The predicted molar refractivity (Wildman–Crippen MR) is 96.5 cm³/mol. The molecule has 0 aliphatic heterocycles. The first-order valence-electron chi connectivity index (χ1n) is 8.46. The number of hydrogen-bond donors (Lipinski definition) is 0. The van der Waals surface area contributed by atoms with Gasteiger partial charge < -0.3 is 4.74 Å². The van der Waals surface area contributed by atoms with Crippen molar-refractivity contribution in [2.24, 2.45) is 0 Å². The van der Waals surface area contributed by atoms with Crippen molar-refractivity contribution in [3.8, 4) is 16.9 Å². The molecule has 0 unspecified atom stereocenters. The molecule has 0 N–H and O–H groups in total. The number of ether oxygens (including phenoxy) is 1. The molecule has 3 heteroatoms. The summed E-state index contributed by atoms with van der Waals surface area (Å²) >= 11 is 0. The minimum Gasteiger partial charge on any atom is -0.494 e. The lowest BCUT2D eigenvalue weighted by atomic mass is 10.0. The van der Waals surface area contributed by atoms with E-state index in [1.165, 1.54) is 19.8 Å². The highest BCUT2D eigenvalue weighted by Gasteiger charge is 2.08. The van der Waals surface area contributed by atoms with Gasteiger partial charge in [-0.3, -0.25) is 9.59 Å². The summed E-state index contributed by atoms with van der Waals surface area (Å²) in [5, 5.41) is 0. The first-order valence-corrected chi connectivity index (χ1v) is 8.46. The van der Waals surface area contributed by atoms with Gasteiger partial charge in [-0.25, -0.2) is 0 Å². The van der Waals surface area contributed by atoms with E-state index in [1.807, 2.05) is 36.4 Å². The molecule has 0 saturated heterocycles. The number of Topliss-reactive ketones (excluding diaryl/α,β-unsaturated/α-hetero) is 2. The number of rotatable bonds is 9. The van der Waals surface area contributed by atoms with Crippen LogP contribution >= 0.6 is 0 Å². The highest BCUT2D eigenvalue weighted by Crippen LogP contribution is 2.23. The van der Waals surface area contributed by atoms with E-state index in [-0.39, 0.29) is 18.0 Å². The fraction of sp³-hybridized carbons (Fsp3) is 0.333. The maximum atomic E-state index is 11.9. The third kappa shape index (κ3) is 5.34. The van der Waals surface area contributed by atoms with E-state index < -0.39 is 0 Å². The molecule has 2 aromatic rings. The number of hydrogen-bond acceptors (Lipinski definition) is 3. The number of unbranched alkanes of at least 4 members (excludes halogenated alkanes) is 2. The average Bonchev–Trinajstić information content (AvgIpc) is 2.59. The predicted octanol–water partition coefficient (Wildman–Crippen LogP) is 5.08. The van der Waals surface area contributed by atoms with Gasteiger partial charge in [0.05, 0.1) is 13.0 Å². The Morgan fingerprint density at radius 1 is 0.875 bits per heavy atom. The second kappa shape index (κ2) is 9.02. The summed E-state index contributed by atoms with van der Waals surface area (Å²) in [6.45, 7) is 4.35. The molecule has 24 heavy (non-hydrogen) atoms. The average molecular weight is 324 g/mol. The van der Waals surface area contributed by atoms with Gasteiger partial charge in [0.25, 0.3) is 0 Å². The zero-order valence-corrected chi connectivity index (χ0v) is 14.4. The standard InChI is InChI=1S/C21H24O3/c1-3-4-5-14-24-20-12-10-18(11-13-20)17-6-8-19(9-7-17)21(23)15-16(2)22/h6-13H,3-5,14-15H2,1-2H3. The second-order valence-electron chi connectivity index (χ2n) is 5.96. The largest absolute Gasteiger partial charge is 0.494 e. The maximum absolute atomic E-state index is 11.9. The molecule has 0 bridgehead atoms. The van der Waals surface area contributed by atoms with E-state index in [1.54, 1.807) is 12.1 Å². The van der Waals surface area contributed by atoms with Crippen molar-refractivity contribution >= 4 is 11.6 Å². The maximum Gasteiger partial charge on any atom is 0.170 e. The Hall–Kier alpha value is -2.42. The Bertz CT molecular complexity index is 669. The molecule has 0 radical (unpaired) electrons. The van der Waals surface area contributed by atoms with Gasteiger partial charge >= 0.3 is 0 Å². The molecule has 126 valence electrons. The number of carbonyl (C=O) groups excluding carboxylic acids is 2. The van der Waals surface area contributed by atoms with Crippen molar-refractivity contribution in [3.05, 3.63) is 54.1 Å². The van der Waals surface area contributed by atoms with Crippen molar-refractivity contribution in [3.63, 3.8) is 0 Å². The van der Waals surface area contributed by atoms with E-state index in [0.29, 0.717) is 5.56 Å². The molecule has 0 heterocycles. The van der Waals surface area contributed by atoms with Crippen LogP contribution in [0.5, 0.6) is 5.75 Å². The smallest absolute Gasteiger partial charge is 0.170 e. The lowest BCUT2D eigenvalue weighted by Crippen LogP contribution is -2.04. The Labute approximate surface area is 143 Å². The minimum atomic E-state index is -0.134. The molecule has 3 nitrogen and oxygen atoms in total. The highest BCUT2D eigenvalue weighted by atomic mass is 16.5. The molecule has 0 saturated carbocycles. The first-order chi connectivity index (χ1) is 11.6. The van der Waals surface area contributed by atoms with Crippen molar-refractivity contribution in [2.45, 2.75) is 39.5 Å². The summed E-state index contributed by atoms with van der Waals surface area (Å²) in [4.78, 5) is 22.9. The molecule has 0 aromatic heterocycles. The molecule has 0 aliphatic carbocycles. The summed E-state index contributed by atoms with van der Waals surface area (Å²) in [7, 11) is 0. The van der Waals surface area contributed by atoms with Crippen LogP contribution in [0.4, 0.5) is 0 Å². The van der Waals surface area contributed by atoms with Crippen LogP contribution in [0.15, 0.2) is 48.5 Å². The number of ketones is 2. The summed E-state index contributed by atoms with van der Waals surface area (Å²) in [6, 6.07) is 15.3. The minimum absolute atomic E-state index is 0.0383. The van der Waals surface area contributed by atoms with Crippen molar-refractivity contribution in [1.29, 1.82) is 0 Å². The van der Waals surface area contributed by atoms with Crippen LogP contribution in [-0.4, -0.2) is 18.2 Å². The molecular weight excluding hydrogens is 300 g/mol. The quantitative estimate of drug-likeness (QED) is 0.367. The Morgan fingerprint density at radius 3 is 2.00 bits per heavy atom.